The number of aliphatic hydroxyl groups is 1. The van der Waals surface area contributed by atoms with Gasteiger partial charge < -0.3 is 25.2 Å². The number of rotatable bonds is 7. The van der Waals surface area contributed by atoms with Crippen LogP contribution < -0.4 is 15.4 Å². The third kappa shape index (κ3) is 5.67. The van der Waals surface area contributed by atoms with E-state index in [1.165, 1.54) is 0 Å². The molecule has 2 saturated heterocycles. The zero-order chi connectivity index (χ0) is 17.5. The van der Waals surface area contributed by atoms with Gasteiger partial charge in [-0.05, 0) is 24.1 Å². The van der Waals surface area contributed by atoms with Crippen molar-refractivity contribution in [1.82, 2.24) is 15.5 Å². The van der Waals surface area contributed by atoms with E-state index in [0.29, 0.717) is 26.1 Å². The van der Waals surface area contributed by atoms with E-state index < -0.39 is 6.10 Å². The summed E-state index contributed by atoms with van der Waals surface area (Å²) in [4.78, 5) is 14.4. The molecule has 2 atom stereocenters. The van der Waals surface area contributed by atoms with E-state index in [-0.39, 0.29) is 11.9 Å². The fourth-order valence-electron chi connectivity index (χ4n) is 3.09. The quantitative estimate of drug-likeness (QED) is 0.629. The molecule has 2 aliphatic rings. The molecule has 0 bridgehead atoms. The third-order valence-corrected chi connectivity index (χ3v) is 4.57. The SMILES string of the molecule is O=C(NCc1cccc(OCCN2CCOCC2)c1)C1CC(O)CN1. The topological polar surface area (TPSA) is 83.1 Å². The minimum absolute atomic E-state index is 0.0739. The van der Waals surface area contributed by atoms with Gasteiger partial charge in [0.25, 0.3) is 0 Å². The summed E-state index contributed by atoms with van der Waals surface area (Å²) in [5, 5.41) is 15.4. The summed E-state index contributed by atoms with van der Waals surface area (Å²) in [6, 6.07) is 7.48. The lowest BCUT2D eigenvalue weighted by molar-refractivity contribution is -0.123. The van der Waals surface area contributed by atoms with Crippen LogP contribution in [0.5, 0.6) is 5.75 Å². The smallest absolute Gasteiger partial charge is 0.237 e. The second-order valence-corrected chi connectivity index (χ2v) is 6.52. The van der Waals surface area contributed by atoms with Crippen LogP contribution in [0.25, 0.3) is 0 Å². The van der Waals surface area contributed by atoms with E-state index in [9.17, 15) is 9.90 Å². The van der Waals surface area contributed by atoms with Crippen molar-refractivity contribution in [3.63, 3.8) is 0 Å². The summed E-state index contributed by atoms with van der Waals surface area (Å²) in [7, 11) is 0. The number of nitrogens with zero attached hydrogens (tertiary/aromatic N) is 1. The number of amides is 1. The number of morpholine rings is 1. The highest BCUT2D eigenvalue weighted by molar-refractivity contribution is 5.82. The first kappa shape index (κ1) is 18.1. The normalized spacial score (nSPS) is 24.2. The molecule has 0 aromatic heterocycles. The molecule has 7 nitrogen and oxygen atoms in total. The Balaban J connectivity index is 1.40. The van der Waals surface area contributed by atoms with Gasteiger partial charge in [-0.2, -0.15) is 0 Å². The first-order valence-electron chi connectivity index (χ1n) is 8.92. The lowest BCUT2D eigenvalue weighted by atomic mass is 10.1. The number of carbonyl (C=O) groups is 1. The van der Waals surface area contributed by atoms with Gasteiger partial charge in [-0.1, -0.05) is 12.1 Å². The second kappa shape index (κ2) is 9.15. The number of ether oxygens (including phenoxy) is 2. The van der Waals surface area contributed by atoms with Crippen LogP contribution in [0.4, 0.5) is 0 Å². The molecule has 0 aliphatic carbocycles. The molecule has 2 fully saturated rings. The van der Waals surface area contributed by atoms with Crippen molar-refractivity contribution in [2.75, 3.05) is 46.0 Å². The van der Waals surface area contributed by atoms with E-state index >= 15 is 0 Å². The molecule has 138 valence electrons. The molecular weight excluding hydrogens is 322 g/mol. The molecule has 0 radical (unpaired) electrons. The van der Waals surface area contributed by atoms with Gasteiger partial charge >= 0.3 is 0 Å². The van der Waals surface area contributed by atoms with E-state index in [1.54, 1.807) is 0 Å². The van der Waals surface area contributed by atoms with Gasteiger partial charge in [-0.15, -0.1) is 0 Å². The number of aliphatic hydroxyl groups excluding tert-OH is 1. The molecule has 7 heteroatoms. The van der Waals surface area contributed by atoms with Gasteiger partial charge in [0.1, 0.15) is 12.4 Å². The van der Waals surface area contributed by atoms with Crippen molar-refractivity contribution in [2.24, 2.45) is 0 Å². The molecule has 2 unspecified atom stereocenters. The average molecular weight is 349 g/mol. The predicted octanol–water partition coefficient (Wildman–Crippen LogP) is -0.263. The van der Waals surface area contributed by atoms with E-state index in [4.69, 9.17) is 9.47 Å². The minimum Gasteiger partial charge on any atom is -0.492 e. The first-order chi connectivity index (χ1) is 12.2. The Morgan fingerprint density at radius 1 is 1.40 bits per heavy atom. The standard InChI is InChI=1S/C18H27N3O4/c22-15-11-17(19-13-15)18(23)20-12-14-2-1-3-16(10-14)25-9-6-21-4-7-24-8-5-21/h1-3,10,15,17,19,22H,4-9,11-13H2,(H,20,23). The van der Waals surface area contributed by atoms with Crippen molar-refractivity contribution in [2.45, 2.75) is 25.1 Å². The lowest BCUT2D eigenvalue weighted by Gasteiger charge is -2.26. The number of hydrogen-bond donors (Lipinski definition) is 3. The predicted molar refractivity (Wildman–Crippen MR) is 93.5 cm³/mol. The van der Waals surface area contributed by atoms with E-state index in [0.717, 1.165) is 44.2 Å². The highest BCUT2D eigenvalue weighted by atomic mass is 16.5. The van der Waals surface area contributed by atoms with Crippen molar-refractivity contribution in [3.05, 3.63) is 29.8 Å². The van der Waals surface area contributed by atoms with Crippen molar-refractivity contribution < 1.29 is 19.4 Å². The van der Waals surface area contributed by atoms with Crippen molar-refractivity contribution >= 4 is 5.91 Å². The van der Waals surface area contributed by atoms with Crippen LogP contribution in [-0.2, 0) is 16.1 Å². The van der Waals surface area contributed by atoms with Crippen molar-refractivity contribution in [1.29, 1.82) is 0 Å². The summed E-state index contributed by atoms with van der Waals surface area (Å²) in [5.74, 6) is 0.740. The van der Waals surface area contributed by atoms with Gasteiger partial charge in [0, 0.05) is 32.7 Å². The summed E-state index contributed by atoms with van der Waals surface area (Å²) in [5.41, 5.74) is 0.996. The maximum Gasteiger partial charge on any atom is 0.237 e. The summed E-state index contributed by atoms with van der Waals surface area (Å²) >= 11 is 0. The number of β-amino-alcohol motifs (C(OH)–C–C–N with tert-alkyl or cyclic N) is 1. The third-order valence-electron chi connectivity index (χ3n) is 4.57. The van der Waals surface area contributed by atoms with Crippen LogP contribution in [0.2, 0.25) is 0 Å². The number of nitrogens with one attached hydrogen (secondary N) is 2. The highest BCUT2D eigenvalue weighted by Gasteiger charge is 2.27. The van der Waals surface area contributed by atoms with E-state index in [2.05, 4.69) is 15.5 Å². The molecule has 0 saturated carbocycles. The van der Waals surface area contributed by atoms with Gasteiger partial charge in [-0.3, -0.25) is 9.69 Å². The Hall–Kier alpha value is -1.67. The maximum atomic E-state index is 12.1. The van der Waals surface area contributed by atoms with Crippen LogP contribution in [0.15, 0.2) is 24.3 Å². The molecule has 2 aliphatic heterocycles. The van der Waals surface area contributed by atoms with Crippen molar-refractivity contribution in [3.8, 4) is 5.75 Å². The zero-order valence-electron chi connectivity index (χ0n) is 14.4. The van der Waals surface area contributed by atoms with Crippen LogP contribution in [-0.4, -0.2) is 74.1 Å². The van der Waals surface area contributed by atoms with Crippen LogP contribution >= 0.6 is 0 Å². The van der Waals surface area contributed by atoms with Crippen LogP contribution in [0.1, 0.15) is 12.0 Å². The summed E-state index contributed by atoms with van der Waals surface area (Å²) in [6.45, 7) is 5.96. The summed E-state index contributed by atoms with van der Waals surface area (Å²) in [6.07, 6.45) is 0.0372. The fourth-order valence-corrected chi connectivity index (χ4v) is 3.09. The van der Waals surface area contributed by atoms with Crippen LogP contribution in [0, 0.1) is 0 Å². The number of hydrogen-bond acceptors (Lipinski definition) is 6. The number of benzene rings is 1. The molecule has 1 aromatic rings. The van der Waals surface area contributed by atoms with Gasteiger partial charge in [0.2, 0.25) is 5.91 Å². The maximum absolute atomic E-state index is 12.1. The largest absolute Gasteiger partial charge is 0.492 e. The molecule has 2 heterocycles. The Kier molecular flexibility index (Phi) is 6.63. The van der Waals surface area contributed by atoms with Gasteiger partial charge in [0.15, 0.2) is 0 Å². The Bertz CT molecular complexity index is 563. The molecule has 3 N–H and O–H groups in total. The molecule has 25 heavy (non-hydrogen) atoms. The minimum atomic E-state index is -0.432. The Morgan fingerprint density at radius 2 is 2.24 bits per heavy atom. The second-order valence-electron chi connectivity index (χ2n) is 6.52. The molecule has 1 aromatic carbocycles. The van der Waals surface area contributed by atoms with Gasteiger partial charge in [-0.25, -0.2) is 0 Å². The number of carbonyl (C=O) groups excluding carboxylic acids is 1. The highest BCUT2D eigenvalue weighted by Crippen LogP contribution is 2.14. The summed E-state index contributed by atoms with van der Waals surface area (Å²) < 4.78 is 11.2. The van der Waals surface area contributed by atoms with E-state index in [1.807, 2.05) is 24.3 Å². The molecule has 0 spiro atoms. The monoisotopic (exact) mass is 349 g/mol. The average Bonchev–Trinajstić information content (AvgIpc) is 3.07. The van der Waals surface area contributed by atoms with Gasteiger partial charge in [0.05, 0.1) is 25.4 Å². The Labute approximate surface area is 148 Å². The molecular formula is C18H27N3O4. The molecule has 3 rings (SSSR count). The van der Waals surface area contributed by atoms with Crippen LogP contribution in [0.3, 0.4) is 0 Å². The Morgan fingerprint density at radius 3 is 3.00 bits per heavy atom. The lowest BCUT2D eigenvalue weighted by Crippen LogP contribution is -2.40. The fraction of sp³-hybridized carbons (Fsp3) is 0.611. The first-order valence-corrected chi connectivity index (χ1v) is 8.92. The zero-order valence-corrected chi connectivity index (χ0v) is 14.4. The molecule has 1 amide bonds.